The van der Waals surface area contributed by atoms with E-state index in [1.54, 1.807) is 0 Å². The molecule has 0 aliphatic heterocycles. The van der Waals surface area contributed by atoms with E-state index in [4.69, 9.17) is 11.5 Å². The quantitative estimate of drug-likeness (QED) is 0.672. The van der Waals surface area contributed by atoms with Crippen molar-refractivity contribution in [1.29, 1.82) is 0 Å². The van der Waals surface area contributed by atoms with E-state index in [1.807, 2.05) is 60.7 Å². The topological polar surface area (TPSA) is 72.3 Å². The maximum Gasteiger partial charge on any atom is 0.150 e. The molecule has 0 atom stereocenters. The van der Waals surface area contributed by atoms with Gasteiger partial charge in [-0.1, -0.05) is 24.3 Å². The molecular weight excluding hydrogens is 310 g/mol. The number of carbonyl (C=O) groups excluding carboxylic acids is 1. The first-order valence-corrected chi connectivity index (χ1v) is 8.18. The summed E-state index contributed by atoms with van der Waals surface area (Å²) in [6.45, 7) is 0.962. The Morgan fingerprint density at radius 3 is 1.68 bits per heavy atom. The van der Waals surface area contributed by atoms with Gasteiger partial charge in [-0.25, -0.2) is 0 Å². The molecule has 0 unspecified atom stereocenters. The highest BCUT2D eigenvalue weighted by atomic mass is 16.1. The van der Waals surface area contributed by atoms with Crippen LogP contribution in [0.2, 0.25) is 0 Å². The molecule has 4 heteroatoms. The maximum atomic E-state index is 11.0. The van der Waals surface area contributed by atoms with Gasteiger partial charge in [-0.2, -0.15) is 0 Å². The number of rotatable bonds is 6. The van der Waals surface area contributed by atoms with E-state index in [0.717, 1.165) is 34.5 Å². The lowest BCUT2D eigenvalue weighted by Gasteiger charge is -2.26. The summed E-state index contributed by atoms with van der Waals surface area (Å²) >= 11 is 0. The number of hydrogen-bond acceptors (Lipinski definition) is 4. The maximum absolute atomic E-state index is 11.0. The number of carbonyl (C=O) groups is 1. The minimum atomic E-state index is 0.481. The molecule has 0 aliphatic rings. The van der Waals surface area contributed by atoms with Crippen LogP contribution in [0.1, 0.15) is 21.5 Å². The molecule has 126 valence electrons. The predicted octanol–water partition coefficient (Wildman–Crippen LogP) is 3.89. The fourth-order valence-corrected chi connectivity index (χ4v) is 2.79. The van der Waals surface area contributed by atoms with E-state index in [9.17, 15) is 4.79 Å². The van der Waals surface area contributed by atoms with E-state index in [1.165, 1.54) is 0 Å². The molecule has 0 bridgehead atoms. The summed E-state index contributed by atoms with van der Waals surface area (Å²) in [5.74, 6) is 0. The molecule has 25 heavy (non-hydrogen) atoms. The van der Waals surface area contributed by atoms with Crippen molar-refractivity contribution >= 4 is 23.3 Å². The molecule has 4 nitrogen and oxygen atoms in total. The Bertz CT molecular complexity index is 812. The Balaban J connectivity index is 2.13. The summed E-state index contributed by atoms with van der Waals surface area (Å²) in [6.07, 6.45) is 0.845. The number of benzene rings is 3. The van der Waals surface area contributed by atoms with Crippen LogP contribution in [-0.4, -0.2) is 6.29 Å². The number of hydrogen-bond donors (Lipinski definition) is 2. The molecule has 4 N–H and O–H groups in total. The van der Waals surface area contributed by atoms with Crippen LogP contribution in [0, 0.1) is 0 Å². The molecule has 0 heterocycles. The lowest BCUT2D eigenvalue weighted by molar-refractivity contribution is 0.112. The Morgan fingerprint density at radius 1 is 0.720 bits per heavy atom. The lowest BCUT2D eigenvalue weighted by atomic mass is 10.1. The fraction of sp³-hybridized carbons (Fsp3) is 0.0952. The molecular formula is C21H21N3O. The average molecular weight is 331 g/mol. The molecule has 3 aromatic rings. The van der Waals surface area contributed by atoms with Gasteiger partial charge in [0.05, 0.1) is 0 Å². The molecule has 3 rings (SSSR count). The molecule has 0 saturated heterocycles. The van der Waals surface area contributed by atoms with Gasteiger partial charge < -0.3 is 16.4 Å². The Morgan fingerprint density at radius 2 is 1.24 bits per heavy atom. The molecule has 0 radical (unpaired) electrons. The van der Waals surface area contributed by atoms with Gasteiger partial charge in [0.15, 0.2) is 0 Å². The highest BCUT2D eigenvalue weighted by Crippen LogP contribution is 2.35. The second kappa shape index (κ2) is 7.75. The van der Waals surface area contributed by atoms with E-state index in [0.29, 0.717) is 18.7 Å². The van der Waals surface area contributed by atoms with Crippen LogP contribution >= 0.6 is 0 Å². The summed E-state index contributed by atoms with van der Waals surface area (Å²) < 4.78 is 0. The SMILES string of the molecule is NCc1cccc(N(c2ccc(C=O)cc2)c2cccc(CN)c2)c1. The van der Waals surface area contributed by atoms with Crippen LogP contribution in [0.3, 0.4) is 0 Å². The first kappa shape index (κ1) is 16.9. The van der Waals surface area contributed by atoms with Crippen LogP contribution in [0.25, 0.3) is 0 Å². The summed E-state index contributed by atoms with van der Waals surface area (Å²) in [4.78, 5) is 13.1. The van der Waals surface area contributed by atoms with E-state index >= 15 is 0 Å². The number of nitrogens with zero attached hydrogens (tertiary/aromatic N) is 1. The van der Waals surface area contributed by atoms with Crippen molar-refractivity contribution in [3.8, 4) is 0 Å². The standard InChI is InChI=1S/C21H21N3O/c22-13-17-3-1-5-20(11-17)24(19-9-7-16(15-25)8-10-19)21-6-2-4-18(12-21)14-23/h1-12,15H,13-14,22-23H2. The molecule has 0 spiro atoms. The highest BCUT2D eigenvalue weighted by Gasteiger charge is 2.13. The van der Waals surface area contributed by atoms with Crippen molar-refractivity contribution in [3.63, 3.8) is 0 Å². The van der Waals surface area contributed by atoms with Crippen molar-refractivity contribution in [2.45, 2.75) is 13.1 Å². The first-order chi connectivity index (χ1) is 12.2. The number of aldehydes is 1. The van der Waals surface area contributed by atoms with Gasteiger partial charge in [0, 0.05) is 35.7 Å². The zero-order valence-corrected chi connectivity index (χ0v) is 13.9. The van der Waals surface area contributed by atoms with E-state index in [2.05, 4.69) is 17.0 Å². The van der Waals surface area contributed by atoms with Crippen LogP contribution in [0.4, 0.5) is 17.1 Å². The van der Waals surface area contributed by atoms with Crippen LogP contribution in [-0.2, 0) is 13.1 Å². The van der Waals surface area contributed by atoms with Crippen molar-refractivity contribution in [2.24, 2.45) is 11.5 Å². The molecule has 3 aromatic carbocycles. The number of anilines is 3. The van der Waals surface area contributed by atoms with Gasteiger partial charge in [-0.15, -0.1) is 0 Å². The normalized spacial score (nSPS) is 10.5. The van der Waals surface area contributed by atoms with Crippen molar-refractivity contribution < 1.29 is 4.79 Å². The van der Waals surface area contributed by atoms with E-state index in [-0.39, 0.29) is 0 Å². The summed E-state index contributed by atoms with van der Waals surface area (Å²) in [7, 11) is 0. The highest BCUT2D eigenvalue weighted by molar-refractivity contribution is 5.80. The van der Waals surface area contributed by atoms with Crippen LogP contribution in [0.15, 0.2) is 72.8 Å². The average Bonchev–Trinajstić information content (AvgIpc) is 2.69. The fourth-order valence-electron chi connectivity index (χ4n) is 2.79. The third kappa shape index (κ3) is 3.76. The summed E-state index contributed by atoms with van der Waals surface area (Å²) in [5.41, 5.74) is 17.4. The van der Waals surface area contributed by atoms with Crippen LogP contribution < -0.4 is 16.4 Å². The molecule has 0 aromatic heterocycles. The van der Waals surface area contributed by atoms with Gasteiger partial charge in [0.1, 0.15) is 6.29 Å². The van der Waals surface area contributed by atoms with Crippen molar-refractivity contribution in [1.82, 2.24) is 0 Å². The monoisotopic (exact) mass is 331 g/mol. The Labute approximate surface area is 147 Å². The van der Waals surface area contributed by atoms with Gasteiger partial charge in [0.2, 0.25) is 0 Å². The Hall–Kier alpha value is -2.95. The molecule has 0 aliphatic carbocycles. The minimum absolute atomic E-state index is 0.481. The zero-order chi connectivity index (χ0) is 17.6. The smallest absolute Gasteiger partial charge is 0.150 e. The van der Waals surface area contributed by atoms with Gasteiger partial charge in [-0.05, 0) is 59.7 Å². The molecule has 0 amide bonds. The minimum Gasteiger partial charge on any atom is -0.326 e. The second-order valence-corrected chi connectivity index (χ2v) is 5.79. The van der Waals surface area contributed by atoms with E-state index < -0.39 is 0 Å². The van der Waals surface area contributed by atoms with Crippen molar-refractivity contribution in [2.75, 3.05) is 4.90 Å². The van der Waals surface area contributed by atoms with Crippen LogP contribution in [0.5, 0.6) is 0 Å². The number of nitrogens with two attached hydrogens (primary N) is 2. The lowest BCUT2D eigenvalue weighted by Crippen LogP contribution is -2.11. The van der Waals surface area contributed by atoms with Gasteiger partial charge in [-0.3, -0.25) is 4.79 Å². The summed E-state index contributed by atoms with van der Waals surface area (Å²) in [5, 5.41) is 0. The molecule has 0 fully saturated rings. The second-order valence-electron chi connectivity index (χ2n) is 5.79. The largest absolute Gasteiger partial charge is 0.326 e. The zero-order valence-electron chi connectivity index (χ0n) is 13.9. The van der Waals surface area contributed by atoms with Gasteiger partial charge >= 0.3 is 0 Å². The third-order valence-corrected chi connectivity index (χ3v) is 4.10. The van der Waals surface area contributed by atoms with Crippen molar-refractivity contribution in [3.05, 3.63) is 89.5 Å². The first-order valence-electron chi connectivity index (χ1n) is 8.18. The summed E-state index contributed by atoms with van der Waals surface area (Å²) in [6, 6.07) is 23.7. The predicted molar refractivity (Wildman–Crippen MR) is 102 cm³/mol. The Kier molecular flexibility index (Phi) is 5.23. The third-order valence-electron chi connectivity index (χ3n) is 4.10. The molecule has 0 saturated carbocycles. The van der Waals surface area contributed by atoms with Gasteiger partial charge in [0.25, 0.3) is 0 Å².